The van der Waals surface area contributed by atoms with Crippen LogP contribution in [0, 0.1) is 0 Å². The lowest BCUT2D eigenvalue weighted by Gasteiger charge is -2.07. The van der Waals surface area contributed by atoms with Crippen LogP contribution in [-0.4, -0.2) is 19.0 Å². The van der Waals surface area contributed by atoms with Crippen molar-refractivity contribution in [2.75, 3.05) is 0 Å². The van der Waals surface area contributed by atoms with Crippen molar-refractivity contribution in [1.82, 2.24) is 0 Å². The van der Waals surface area contributed by atoms with Crippen LogP contribution in [0.25, 0.3) is 6.08 Å². The topological polar surface area (TPSA) is 35.5 Å². The fourth-order valence-electron chi connectivity index (χ4n) is 1.88. The molecular weight excluding hydrogens is 328 g/mol. The molecule has 0 heterocycles. The van der Waals surface area contributed by atoms with Gasteiger partial charge in [-0.25, -0.2) is 0 Å². The molecule has 0 spiro atoms. The smallest absolute Gasteiger partial charge is 0.387 e. The van der Waals surface area contributed by atoms with Gasteiger partial charge in [-0.1, -0.05) is 18.2 Å². The van der Waals surface area contributed by atoms with Crippen molar-refractivity contribution in [3.63, 3.8) is 0 Å². The van der Waals surface area contributed by atoms with Crippen LogP contribution in [0.3, 0.4) is 0 Å². The minimum absolute atomic E-state index is 0.0581. The van der Waals surface area contributed by atoms with Crippen LogP contribution in [0.5, 0.6) is 11.5 Å². The van der Waals surface area contributed by atoms with Crippen LogP contribution >= 0.6 is 0 Å². The summed E-state index contributed by atoms with van der Waals surface area (Å²) in [6.45, 7) is -5.92. The second-order valence-corrected chi connectivity index (χ2v) is 4.52. The van der Waals surface area contributed by atoms with E-state index in [1.165, 1.54) is 54.6 Å². The number of ether oxygens (including phenoxy) is 2. The Morgan fingerprint density at radius 2 is 1.50 bits per heavy atom. The molecule has 0 bridgehead atoms. The number of rotatable bonds is 7. The number of carbonyl (C=O) groups is 1. The molecule has 0 fully saturated rings. The van der Waals surface area contributed by atoms with Crippen LogP contribution in [0.4, 0.5) is 17.6 Å². The minimum Gasteiger partial charge on any atom is -0.435 e. The van der Waals surface area contributed by atoms with Crippen molar-refractivity contribution < 1.29 is 31.8 Å². The maximum atomic E-state index is 12.3. The van der Waals surface area contributed by atoms with Crippen LogP contribution in [0.2, 0.25) is 0 Å². The molecule has 2 aromatic carbocycles. The van der Waals surface area contributed by atoms with E-state index >= 15 is 0 Å². The van der Waals surface area contributed by atoms with Gasteiger partial charge in [-0.2, -0.15) is 17.6 Å². The van der Waals surface area contributed by atoms with Crippen molar-refractivity contribution >= 4 is 11.9 Å². The first-order chi connectivity index (χ1) is 11.5. The van der Waals surface area contributed by atoms with E-state index in [4.69, 9.17) is 0 Å². The fourth-order valence-corrected chi connectivity index (χ4v) is 1.88. The quantitative estimate of drug-likeness (QED) is 0.413. The number of ketones is 1. The molecule has 7 heteroatoms. The predicted molar refractivity (Wildman–Crippen MR) is 79.5 cm³/mol. The number of hydrogen-bond acceptors (Lipinski definition) is 3. The normalized spacial score (nSPS) is 11.2. The summed E-state index contributed by atoms with van der Waals surface area (Å²) in [7, 11) is 0. The van der Waals surface area contributed by atoms with E-state index < -0.39 is 19.0 Å². The van der Waals surface area contributed by atoms with Crippen molar-refractivity contribution in [2.24, 2.45) is 0 Å². The first kappa shape index (κ1) is 17.5. The van der Waals surface area contributed by atoms with E-state index in [9.17, 15) is 22.4 Å². The summed E-state index contributed by atoms with van der Waals surface area (Å²) in [5.41, 5.74) is 0.545. The highest BCUT2D eigenvalue weighted by molar-refractivity contribution is 6.07. The molecule has 0 amide bonds. The van der Waals surface area contributed by atoms with Crippen LogP contribution < -0.4 is 9.47 Å². The summed E-state index contributed by atoms with van der Waals surface area (Å²) in [4.78, 5) is 12.0. The van der Waals surface area contributed by atoms with Gasteiger partial charge >= 0.3 is 13.2 Å². The maximum absolute atomic E-state index is 12.3. The number of para-hydroxylation sites is 1. The van der Waals surface area contributed by atoms with E-state index in [0.29, 0.717) is 5.56 Å². The average molecular weight is 340 g/mol. The molecule has 0 unspecified atom stereocenters. The van der Waals surface area contributed by atoms with Crippen LogP contribution in [0.15, 0.2) is 54.6 Å². The zero-order valence-electron chi connectivity index (χ0n) is 12.2. The largest absolute Gasteiger partial charge is 0.435 e. The second kappa shape index (κ2) is 8.14. The van der Waals surface area contributed by atoms with E-state index in [0.717, 1.165) is 0 Å². The molecule has 0 radical (unpaired) electrons. The number of allylic oxidation sites excluding steroid dienone is 1. The maximum Gasteiger partial charge on any atom is 0.387 e. The number of carbonyl (C=O) groups excluding carboxylic acids is 1. The molecule has 0 saturated carbocycles. The number of benzene rings is 2. The number of halogens is 4. The first-order valence-corrected chi connectivity index (χ1v) is 6.77. The van der Waals surface area contributed by atoms with E-state index in [1.807, 2.05) is 0 Å². The Kier molecular flexibility index (Phi) is 5.95. The molecule has 2 rings (SSSR count). The SMILES string of the molecule is O=C(C=Cc1ccccc1OC(F)F)c1ccc(OC(F)F)cc1. The monoisotopic (exact) mass is 340 g/mol. The van der Waals surface area contributed by atoms with Gasteiger partial charge in [0.15, 0.2) is 5.78 Å². The van der Waals surface area contributed by atoms with E-state index in [2.05, 4.69) is 9.47 Å². The highest BCUT2D eigenvalue weighted by Crippen LogP contribution is 2.22. The Hall–Kier alpha value is -2.83. The molecule has 2 aromatic rings. The highest BCUT2D eigenvalue weighted by Gasteiger charge is 2.09. The number of hydrogen-bond donors (Lipinski definition) is 0. The predicted octanol–water partition coefficient (Wildman–Crippen LogP) is 4.79. The van der Waals surface area contributed by atoms with E-state index in [1.54, 1.807) is 6.07 Å². The Bertz CT molecular complexity index is 712. The third-order valence-electron chi connectivity index (χ3n) is 2.91. The number of alkyl halides is 4. The summed E-state index contributed by atoms with van der Waals surface area (Å²) >= 11 is 0. The molecule has 0 aliphatic carbocycles. The first-order valence-electron chi connectivity index (χ1n) is 6.77. The van der Waals surface area contributed by atoms with Gasteiger partial charge in [0.25, 0.3) is 0 Å². The lowest BCUT2D eigenvalue weighted by molar-refractivity contribution is -0.0506. The Balaban J connectivity index is 2.10. The Morgan fingerprint density at radius 1 is 0.875 bits per heavy atom. The van der Waals surface area contributed by atoms with Gasteiger partial charge in [-0.05, 0) is 42.5 Å². The van der Waals surface area contributed by atoms with Gasteiger partial charge in [-0.3, -0.25) is 4.79 Å². The second-order valence-electron chi connectivity index (χ2n) is 4.52. The molecule has 0 aliphatic heterocycles. The van der Waals surface area contributed by atoms with Gasteiger partial charge in [-0.15, -0.1) is 0 Å². The van der Waals surface area contributed by atoms with Gasteiger partial charge < -0.3 is 9.47 Å². The standard InChI is InChI=1S/C17H12F4O3/c18-16(19)23-13-8-5-11(6-9-13)14(22)10-7-12-3-1-2-4-15(12)24-17(20)21/h1-10,16-17H. The van der Waals surface area contributed by atoms with Gasteiger partial charge in [0, 0.05) is 11.1 Å². The summed E-state index contributed by atoms with van der Waals surface area (Å²) in [6, 6.07) is 11.1. The molecule has 126 valence electrons. The van der Waals surface area contributed by atoms with Gasteiger partial charge in [0.05, 0.1) is 0 Å². The van der Waals surface area contributed by atoms with Gasteiger partial charge in [0.2, 0.25) is 0 Å². The molecule has 0 aliphatic rings. The van der Waals surface area contributed by atoms with Crippen LogP contribution in [-0.2, 0) is 0 Å². The Labute approximate surface area is 135 Å². The zero-order valence-corrected chi connectivity index (χ0v) is 12.2. The highest BCUT2D eigenvalue weighted by atomic mass is 19.3. The van der Waals surface area contributed by atoms with Crippen molar-refractivity contribution in [2.45, 2.75) is 13.2 Å². The molecule has 0 saturated heterocycles. The van der Waals surface area contributed by atoms with E-state index in [-0.39, 0.29) is 17.1 Å². The fraction of sp³-hybridized carbons (Fsp3) is 0.118. The zero-order chi connectivity index (χ0) is 17.5. The molecule has 0 atom stereocenters. The van der Waals surface area contributed by atoms with Crippen LogP contribution in [0.1, 0.15) is 15.9 Å². The summed E-state index contributed by atoms with van der Waals surface area (Å²) in [6.07, 6.45) is 2.51. The lowest BCUT2D eigenvalue weighted by atomic mass is 10.1. The van der Waals surface area contributed by atoms with Gasteiger partial charge in [0.1, 0.15) is 11.5 Å². The molecule has 24 heavy (non-hydrogen) atoms. The third-order valence-corrected chi connectivity index (χ3v) is 2.91. The third kappa shape index (κ3) is 5.12. The lowest BCUT2D eigenvalue weighted by Crippen LogP contribution is -2.03. The van der Waals surface area contributed by atoms with Crippen molar-refractivity contribution in [1.29, 1.82) is 0 Å². The van der Waals surface area contributed by atoms with Crippen molar-refractivity contribution in [3.05, 3.63) is 65.7 Å². The molecule has 0 aromatic heterocycles. The summed E-state index contributed by atoms with van der Waals surface area (Å²) in [5.74, 6) is -0.552. The summed E-state index contributed by atoms with van der Waals surface area (Å²) < 4.78 is 57.3. The molecule has 3 nitrogen and oxygen atoms in total. The summed E-state index contributed by atoms with van der Waals surface area (Å²) in [5, 5.41) is 0. The minimum atomic E-state index is -2.97. The average Bonchev–Trinajstić information content (AvgIpc) is 2.53. The Morgan fingerprint density at radius 3 is 2.12 bits per heavy atom. The van der Waals surface area contributed by atoms with Crippen molar-refractivity contribution in [3.8, 4) is 11.5 Å². The molecular formula is C17H12F4O3. The molecule has 0 N–H and O–H groups in total.